The van der Waals surface area contributed by atoms with Crippen LogP contribution < -0.4 is 11.2 Å². The summed E-state index contributed by atoms with van der Waals surface area (Å²) in [7, 11) is -12.4. The molecule has 0 aromatic heterocycles. The topological polar surface area (TPSA) is 204 Å². The van der Waals surface area contributed by atoms with E-state index in [2.05, 4.69) is 29.9 Å². The Morgan fingerprint density at radius 3 is 2.22 bits per heavy atom. The van der Waals surface area contributed by atoms with Crippen LogP contribution in [0.5, 0.6) is 0 Å². The Morgan fingerprint density at radius 1 is 1.00 bits per heavy atom. The van der Waals surface area contributed by atoms with Crippen molar-refractivity contribution >= 4 is 47.4 Å². The van der Waals surface area contributed by atoms with Gasteiger partial charge < -0.3 is 5.32 Å². The zero-order chi connectivity index (χ0) is 24.0. The molecule has 0 fully saturated rings. The molecule has 0 amide bonds. The van der Waals surface area contributed by atoms with Crippen LogP contribution in [0.4, 0.5) is 17.1 Å². The van der Waals surface area contributed by atoms with Crippen LogP contribution in [-0.4, -0.2) is 48.0 Å². The van der Waals surface area contributed by atoms with Gasteiger partial charge in [-0.05, 0) is 55.0 Å². The fourth-order valence-corrected chi connectivity index (χ4v) is 4.18. The second-order valence-electron chi connectivity index (χ2n) is 6.24. The number of aryl methyl sites for hydroxylation is 1. The fourth-order valence-electron chi connectivity index (χ4n) is 2.28. The average Bonchev–Trinajstić information content (AvgIpc) is 2.71. The van der Waals surface area contributed by atoms with Crippen LogP contribution in [0.25, 0.3) is 0 Å². The van der Waals surface area contributed by atoms with Gasteiger partial charge in [0.1, 0.15) is 5.88 Å². The minimum absolute atomic E-state index is 0.0848. The predicted molar refractivity (Wildman–Crippen MR) is 114 cm³/mol. The van der Waals surface area contributed by atoms with E-state index in [4.69, 9.17) is 4.55 Å². The lowest BCUT2D eigenvalue weighted by Gasteiger charge is -2.07. The first-order valence-corrected chi connectivity index (χ1v) is 13.2. The highest BCUT2D eigenvalue weighted by Crippen LogP contribution is 2.25. The average molecular weight is 509 g/mol. The number of hydrogen-bond donors (Lipinski definition) is 3. The summed E-state index contributed by atoms with van der Waals surface area (Å²) < 4.78 is 84.1. The minimum atomic E-state index is -4.72. The summed E-state index contributed by atoms with van der Waals surface area (Å²) in [5, 5.41) is 10.7. The fraction of sp³-hybridized carbons (Fsp3) is 0.250. The van der Waals surface area contributed by atoms with Crippen molar-refractivity contribution in [1.29, 1.82) is 0 Å². The van der Waals surface area contributed by atoms with Crippen LogP contribution in [0.3, 0.4) is 0 Å². The number of rotatable bonds is 11. The second kappa shape index (κ2) is 10.4. The van der Waals surface area contributed by atoms with Crippen LogP contribution in [-0.2, 0) is 38.8 Å². The molecule has 0 spiro atoms. The lowest BCUT2D eigenvalue weighted by molar-refractivity contribution is 0.284. The Bertz CT molecular complexity index is 1290. The third-order valence-electron chi connectivity index (χ3n) is 3.85. The molecule has 4 N–H and O–H groups in total. The van der Waals surface area contributed by atoms with Gasteiger partial charge in [-0.15, -0.1) is 0 Å². The van der Waals surface area contributed by atoms with Crippen molar-refractivity contribution in [2.75, 3.05) is 23.6 Å². The first kappa shape index (κ1) is 25.8. The standard InChI is InChI=1S/C16H20N4O9S3/c1-12-10-14(18-11-31(23,24)29-17)4-7-16(12)20-19-13-2-5-15(6-3-13)30(21,22)9-8-28-32(25,26)27/h2-7,10,18H,8-9,11,17H2,1H3,(H,25,26,27). The summed E-state index contributed by atoms with van der Waals surface area (Å²) in [6.45, 7) is 1.01. The highest BCUT2D eigenvalue weighted by Gasteiger charge is 2.16. The lowest BCUT2D eigenvalue weighted by atomic mass is 10.2. The van der Waals surface area contributed by atoms with Gasteiger partial charge in [-0.2, -0.15) is 37.2 Å². The van der Waals surface area contributed by atoms with Gasteiger partial charge in [0.05, 0.1) is 28.6 Å². The first-order valence-electron chi connectivity index (χ1n) is 8.63. The monoisotopic (exact) mass is 508 g/mol. The molecule has 0 heterocycles. The molecule has 0 aliphatic carbocycles. The van der Waals surface area contributed by atoms with E-state index < -0.39 is 48.6 Å². The summed E-state index contributed by atoms with van der Waals surface area (Å²) in [6.07, 6.45) is 0. The summed E-state index contributed by atoms with van der Waals surface area (Å²) in [5.74, 6) is 3.50. The minimum Gasteiger partial charge on any atom is -0.370 e. The van der Waals surface area contributed by atoms with Gasteiger partial charge in [0.2, 0.25) is 0 Å². The Hall–Kier alpha value is -2.47. The van der Waals surface area contributed by atoms with Crippen molar-refractivity contribution in [3.05, 3.63) is 48.0 Å². The van der Waals surface area contributed by atoms with E-state index in [1.807, 2.05) is 0 Å². The van der Waals surface area contributed by atoms with Gasteiger partial charge >= 0.3 is 20.5 Å². The zero-order valence-electron chi connectivity index (χ0n) is 16.6. The van der Waals surface area contributed by atoms with Crippen molar-refractivity contribution in [2.45, 2.75) is 11.8 Å². The molecule has 2 rings (SSSR count). The summed E-state index contributed by atoms with van der Waals surface area (Å²) in [5.41, 5.74) is 2.02. The van der Waals surface area contributed by atoms with Gasteiger partial charge in [0.15, 0.2) is 9.84 Å². The first-order chi connectivity index (χ1) is 14.8. The molecule has 0 saturated carbocycles. The molecule has 0 unspecified atom stereocenters. The van der Waals surface area contributed by atoms with E-state index >= 15 is 0 Å². The smallest absolute Gasteiger partial charge is 0.370 e. The lowest BCUT2D eigenvalue weighted by Crippen LogP contribution is -2.20. The van der Waals surface area contributed by atoms with Crippen molar-refractivity contribution in [3.8, 4) is 0 Å². The maximum absolute atomic E-state index is 12.2. The van der Waals surface area contributed by atoms with E-state index in [0.29, 0.717) is 22.6 Å². The van der Waals surface area contributed by atoms with Crippen molar-refractivity contribution < 1.29 is 38.3 Å². The quantitative estimate of drug-likeness (QED) is 0.226. The Morgan fingerprint density at radius 2 is 1.66 bits per heavy atom. The molecule has 0 atom stereocenters. The van der Waals surface area contributed by atoms with Crippen molar-refractivity contribution in [3.63, 3.8) is 0 Å². The molecular formula is C16H20N4O9S3. The molecule has 0 bridgehead atoms. The van der Waals surface area contributed by atoms with Crippen LogP contribution in [0.1, 0.15) is 5.56 Å². The third kappa shape index (κ3) is 8.23. The van der Waals surface area contributed by atoms with E-state index in [9.17, 15) is 25.3 Å². The van der Waals surface area contributed by atoms with Crippen LogP contribution in [0, 0.1) is 6.92 Å². The maximum Gasteiger partial charge on any atom is 0.397 e. The summed E-state index contributed by atoms with van der Waals surface area (Å²) >= 11 is 0. The number of anilines is 1. The largest absolute Gasteiger partial charge is 0.397 e. The molecule has 0 radical (unpaired) electrons. The summed E-state index contributed by atoms with van der Waals surface area (Å²) in [4.78, 5) is -0.0848. The third-order valence-corrected chi connectivity index (χ3v) is 6.80. The van der Waals surface area contributed by atoms with E-state index in [-0.39, 0.29) is 4.90 Å². The molecule has 0 aliphatic heterocycles. The summed E-state index contributed by atoms with van der Waals surface area (Å²) in [6, 6.07) is 10.2. The Labute approximate surface area is 185 Å². The van der Waals surface area contributed by atoms with E-state index in [1.54, 1.807) is 25.1 Å². The number of benzene rings is 2. The van der Waals surface area contributed by atoms with Gasteiger partial charge in [-0.3, -0.25) is 4.55 Å². The highest BCUT2D eigenvalue weighted by molar-refractivity contribution is 7.91. The molecule has 13 nitrogen and oxygen atoms in total. The Kier molecular flexibility index (Phi) is 8.41. The predicted octanol–water partition coefficient (Wildman–Crippen LogP) is 1.59. The number of nitrogens with two attached hydrogens (primary N) is 1. The van der Waals surface area contributed by atoms with Gasteiger partial charge in [0, 0.05) is 5.69 Å². The van der Waals surface area contributed by atoms with Crippen LogP contribution >= 0.6 is 0 Å². The maximum atomic E-state index is 12.2. The van der Waals surface area contributed by atoms with E-state index in [1.165, 1.54) is 24.3 Å². The second-order valence-corrected chi connectivity index (χ2v) is 11.0. The molecule has 16 heteroatoms. The normalized spacial score (nSPS) is 12.8. The van der Waals surface area contributed by atoms with Crippen LogP contribution in [0.2, 0.25) is 0 Å². The highest BCUT2D eigenvalue weighted by atomic mass is 32.3. The number of hydrogen-bond acceptors (Lipinski definition) is 12. The molecule has 2 aromatic rings. The van der Waals surface area contributed by atoms with Gasteiger partial charge in [0.25, 0.3) is 0 Å². The number of nitrogens with one attached hydrogen (secondary N) is 1. The molecular weight excluding hydrogens is 488 g/mol. The Balaban J connectivity index is 2.04. The zero-order valence-corrected chi connectivity index (χ0v) is 19.0. The molecule has 0 aliphatic rings. The SMILES string of the molecule is Cc1cc(NCS(=O)(=O)ON)ccc1N=Nc1ccc(S(=O)(=O)CCOS(=O)(=O)O)cc1. The van der Waals surface area contributed by atoms with Crippen molar-refractivity contribution in [2.24, 2.45) is 16.1 Å². The number of azo groups is 1. The number of sulfone groups is 1. The number of nitrogens with zero attached hydrogens (tertiary/aromatic N) is 2. The molecule has 176 valence electrons. The van der Waals surface area contributed by atoms with Gasteiger partial charge in [-0.1, -0.05) is 0 Å². The molecule has 32 heavy (non-hydrogen) atoms. The van der Waals surface area contributed by atoms with Gasteiger partial charge in [-0.25, -0.2) is 12.6 Å². The molecule has 0 saturated heterocycles. The van der Waals surface area contributed by atoms with Crippen LogP contribution in [0.15, 0.2) is 57.6 Å². The molecule has 2 aromatic carbocycles. The van der Waals surface area contributed by atoms with Crippen molar-refractivity contribution in [1.82, 2.24) is 0 Å². The van der Waals surface area contributed by atoms with E-state index in [0.717, 1.165) is 0 Å².